The summed E-state index contributed by atoms with van der Waals surface area (Å²) >= 11 is 0. The standard InChI is InChI=1S/C11H21N3O4/c1-5-14(4)8(15)6-12-11(18)13-9(7(2)3)10(16)17/h7,9H,5-6H2,1-4H3,(H,16,17)(H2,12,13,18). The fourth-order valence-electron chi connectivity index (χ4n) is 1.17. The van der Waals surface area contributed by atoms with Crippen LogP contribution < -0.4 is 10.6 Å². The van der Waals surface area contributed by atoms with Crippen LogP contribution in [0.15, 0.2) is 0 Å². The van der Waals surface area contributed by atoms with E-state index in [1.165, 1.54) is 4.90 Å². The molecule has 0 saturated carbocycles. The lowest BCUT2D eigenvalue weighted by Gasteiger charge is -2.19. The molecule has 0 aromatic heterocycles. The van der Waals surface area contributed by atoms with Gasteiger partial charge in [-0.15, -0.1) is 0 Å². The van der Waals surface area contributed by atoms with Crippen LogP contribution in [0.2, 0.25) is 0 Å². The molecule has 18 heavy (non-hydrogen) atoms. The van der Waals surface area contributed by atoms with Crippen molar-refractivity contribution in [3.05, 3.63) is 0 Å². The van der Waals surface area contributed by atoms with Gasteiger partial charge in [0, 0.05) is 13.6 Å². The number of carboxylic acids is 1. The monoisotopic (exact) mass is 259 g/mol. The van der Waals surface area contributed by atoms with Crippen LogP contribution in [0.5, 0.6) is 0 Å². The molecular formula is C11H21N3O4. The molecule has 0 aliphatic carbocycles. The van der Waals surface area contributed by atoms with Crippen molar-refractivity contribution < 1.29 is 19.5 Å². The number of rotatable bonds is 6. The number of hydrogen-bond acceptors (Lipinski definition) is 3. The van der Waals surface area contributed by atoms with Gasteiger partial charge in [0.05, 0.1) is 6.54 Å². The van der Waals surface area contributed by atoms with Crippen LogP contribution in [0.1, 0.15) is 20.8 Å². The van der Waals surface area contributed by atoms with Gasteiger partial charge in [0.15, 0.2) is 0 Å². The minimum atomic E-state index is -1.10. The highest BCUT2D eigenvalue weighted by atomic mass is 16.4. The number of amides is 3. The van der Waals surface area contributed by atoms with E-state index in [-0.39, 0.29) is 18.4 Å². The number of likely N-dealkylation sites (N-methyl/N-ethyl adjacent to an activating group) is 1. The molecule has 7 nitrogen and oxygen atoms in total. The molecule has 0 heterocycles. The van der Waals surface area contributed by atoms with Crippen molar-refractivity contribution >= 4 is 17.9 Å². The minimum Gasteiger partial charge on any atom is -0.480 e. The van der Waals surface area contributed by atoms with Gasteiger partial charge in [-0.1, -0.05) is 13.8 Å². The zero-order chi connectivity index (χ0) is 14.3. The molecule has 0 rings (SSSR count). The van der Waals surface area contributed by atoms with E-state index >= 15 is 0 Å². The van der Waals surface area contributed by atoms with Crippen LogP contribution in [0.3, 0.4) is 0 Å². The molecule has 1 unspecified atom stereocenters. The molecule has 3 N–H and O–H groups in total. The van der Waals surface area contributed by atoms with Gasteiger partial charge in [0.25, 0.3) is 0 Å². The first-order chi connectivity index (χ1) is 8.29. The topological polar surface area (TPSA) is 98.7 Å². The second-order valence-corrected chi connectivity index (χ2v) is 4.29. The van der Waals surface area contributed by atoms with Gasteiger partial charge in [0.2, 0.25) is 5.91 Å². The molecule has 0 saturated heterocycles. The van der Waals surface area contributed by atoms with Crippen LogP contribution in [0.25, 0.3) is 0 Å². The number of hydrogen-bond donors (Lipinski definition) is 3. The third-order valence-corrected chi connectivity index (χ3v) is 2.52. The maximum Gasteiger partial charge on any atom is 0.326 e. The average Bonchev–Trinajstić information content (AvgIpc) is 2.30. The third-order valence-electron chi connectivity index (χ3n) is 2.52. The molecule has 0 aromatic rings. The van der Waals surface area contributed by atoms with Crippen molar-refractivity contribution in [2.75, 3.05) is 20.1 Å². The van der Waals surface area contributed by atoms with Crippen LogP contribution >= 0.6 is 0 Å². The third kappa shape index (κ3) is 5.51. The van der Waals surface area contributed by atoms with Gasteiger partial charge in [-0.2, -0.15) is 0 Å². The van der Waals surface area contributed by atoms with Crippen molar-refractivity contribution in [3.8, 4) is 0 Å². The quantitative estimate of drug-likeness (QED) is 0.619. The Kier molecular flexibility index (Phi) is 6.77. The predicted octanol–water partition coefficient (Wildman–Crippen LogP) is -0.127. The molecule has 0 bridgehead atoms. The summed E-state index contributed by atoms with van der Waals surface area (Å²) in [6.45, 7) is 5.59. The normalized spacial score (nSPS) is 11.8. The van der Waals surface area contributed by atoms with Gasteiger partial charge in [-0.25, -0.2) is 9.59 Å². The lowest BCUT2D eigenvalue weighted by atomic mass is 10.1. The second kappa shape index (κ2) is 7.52. The first-order valence-corrected chi connectivity index (χ1v) is 5.80. The molecule has 0 spiro atoms. The van der Waals surface area contributed by atoms with Crippen molar-refractivity contribution in [2.45, 2.75) is 26.8 Å². The fraction of sp³-hybridized carbons (Fsp3) is 0.727. The van der Waals surface area contributed by atoms with E-state index in [1.807, 2.05) is 6.92 Å². The van der Waals surface area contributed by atoms with E-state index in [0.29, 0.717) is 6.54 Å². The van der Waals surface area contributed by atoms with Crippen LogP contribution in [-0.4, -0.2) is 54.1 Å². The maximum absolute atomic E-state index is 11.4. The summed E-state index contributed by atoms with van der Waals surface area (Å²) in [4.78, 5) is 35.1. The Bertz CT molecular complexity index is 317. The summed E-state index contributed by atoms with van der Waals surface area (Å²) < 4.78 is 0. The Morgan fingerprint density at radius 2 is 1.83 bits per heavy atom. The van der Waals surface area contributed by atoms with Crippen LogP contribution in [0.4, 0.5) is 4.79 Å². The van der Waals surface area contributed by atoms with E-state index in [1.54, 1.807) is 20.9 Å². The van der Waals surface area contributed by atoms with Gasteiger partial charge in [-0.05, 0) is 12.8 Å². The van der Waals surface area contributed by atoms with Crippen molar-refractivity contribution in [3.63, 3.8) is 0 Å². The molecule has 0 fully saturated rings. The predicted molar refractivity (Wildman–Crippen MR) is 66.1 cm³/mol. The molecule has 0 aromatic carbocycles. The molecule has 1 atom stereocenters. The molecule has 0 radical (unpaired) electrons. The highest BCUT2D eigenvalue weighted by molar-refractivity contribution is 5.86. The van der Waals surface area contributed by atoms with Gasteiger partial charge >= 0.3 is 12.0 Å². The Hall–Kier alpha value is -1.79. The Morgan fingerprint density at radius 1 is 1.28 bits per heavy atom. The number of urea groups is 1. The lowest BCUT2D eigenvalue weighted by Crippen LogP contribution is -2.50. The van der Waals surface area contributed by atoms with E-state index in [9.17, 15) is 14.4 Å². The summed E-state index contributed by atoms with van der Waals surface area (Å²) in [5.74, 6) is -1.57. The molecule has 0 aliphatic rings. The minimum absolute atomic E-state index is 0.152. The number of aliphatic carboxylic acids is 1. The van der Waals surface area contributed by atoms with E-state index < -0.39 is 18.0 Å². The Morgan fingerprint density at radius 3 is 2.22 bits per heavy atom. The average molecular weight is 259 g/mol. The number of nitrogens with zero attached hydrogens (tertiary/aromatic N) is 1. The number of carboxylic acid groups (broad SMARTS) is 1. The SMILES string of the molecule is CCN(C)C(=O)CNC(=O)NC(C(=O)O)C(C)C. The fourth-order valence-corrected chi connectivity index (χ4v) is 1.17. The Balaban J connectivity index is 4.19. The molecule has 3 amide bonds. The van der Waals surface area contributed by atoms with Gasteiger partial charge < -0.3 is 20.6 Å². The van der Waals surface area contributed by atoms with Crippen LogP contribution in [0, 0.1) is 5.92 Å². The Labute approximate surface area is 107 Å². The van der Waals surface area contributed by atoms with Crippen LogP contribution in [-0.2, 0) is 9.59 Å². The van der Waals surface area contributed by atoms with Gasteiger partial charge in [-0.3, -0.25) is 4.79 Å². The first-order valence-electron chi connectivity index (χ1n) is 5.80. The summed E-state index contributed by atoms with van der Waals surface area (Å²) in [7, 11) is 1.62. The summed E-state index contributed by atoms with van der Waals surface area (Å²) in [5.41, 5.74) is 0. The lowest BCUT2D eigenvalue weighted by molar-refractivity contribution is -0.140. The molecule has 7 heteroatoms. The highest BCUT2D eigenvalue weighted by Crippen LogP contribution is 2.01. The van der Waals surface area contributed by atoms with E-state index in [4.69, 9.17) is 5.11 Å². The zero-order valence-electron chi connectivity index (χ0n) is 11.2. The summed E-state index contributed by atoms with van der Waals surface area (Å²) in [6.07, 6.45) is 0. The van der Waals surface area contributed by atoms with Crippen molar-refractivity contribution in [1.29, 1.82) is 0 Å². The van der Waals surface area contributed by atoms with Crippen molar-refractivity contribution in [2.24, 2.45) is 5.92 Å². The second-order valence-electron chi connectivity index (χ2n) is 4.29. The van der Waals surface area contributed by atoms with E-state index in [2.05, 4.69) is 10.6 Å². The molecule has 104 valence electrons. The number of nitrogens with one attached hydrogen (secondary N) is 2. The molecule has 0 aliphatic heterocycles. The summed E-state index contributed by atoms with van der Waals surface area (Å²) in [6, 6.07) is -1.63. The first kappa shape index (κ1) is 16.2. The smallest absolute Gasteiger partial charge is 0.326 e. The maximum atomic E-state index is 11.4. The number of carbonyl (C=O) groups excluding carboxylic acids is 2. The largest absolute Gasteiger partial charge is 0.480 e. The summed E-state index contributed by atoms with van der Waals surface area (Å²) in [5, 5.41) is 13.5. The number of carbonyl (C=O) groups is 3. The van der Waals surface area contributed by atoms with Crippen molar-refractivity contribution in [1.82, 2.24) is 15.5 Å². The van der Waals surface area contributed by atoms with Gasteiger partial charge in [0.1, 0.15) is 6.04 Å². The molecular weight excluding hydrogens is 238 g/mol. The van der Waals surface area contributed by atoms with E-state index in [0.717, 1.165) is 0 Å². The highest BCUT2D eigenvalue weighted by Gasteiger charge is 2.23. The zero-order valence-corrected chi connectivity index (χ0v) is 11.2.